The number of aromatic nitrogens is 4. The van der Waals surface area contributed by atoms with Gasteiger partial charge in [-0.2, -0.15) is 5.10 Å². The Morgan fingerprint density at radius 1 is 0.926 bits per heavy atom. The molecule has 2 aromatic heterocycles. The van der Waals surface area contributed by atoms with Gasteiger partial charge < -0.3 is 15.1 Å². The van der Waals surface area contributed by atoms with Gasteiger partial charge in [0.25, 0.3) is 0 Å². The zero-order valence-electron chi connectivity index (χ0n) is 16.0. The lowest BCUT2D eigenvalue weighted by atomic mass is 10.1. The van der Waals surface area contributed by atoms with E-state index in [0.29, 0.717) is 0 Å². The van der Waals surface area contributed by atoms with Crippen LogP contribution >= 0.6 is 0 Å². The molecule has 1 aliphatic heterocycles. The van der Waals surface area contributed by atoms with Crippen LogP contribution in [0, 0.1) is 13.8 Å². The Bertz CT molecular complexity index is 908. The van der Waals surface area contributed by atoms with E-state index in [2.05, 4.69) is 63.6 Å². The predicted octanol–water partition coefficient (Wildman–Crippen LogP) is 2.98. The Morgan fingerprint density at radius 3 is 2.33 bits per heavy atom. The first kappa shape index (κ1) is 17.5. The monoisotopic (exact) mass is 363 g/mol. The molecule has 0 saturated carbocycles. The second-order valence-corrected chi connectivity index (χ2v) is 7.15. The molecule has 0 spiro atoms. The summed E-state index contributed by atoms with van der Waals surface area (Å²) in [6.07, 6.45) is 0. The highest BCUT2D eigenvalue weighted by molar-refractivity contribution is 5.64. The van der Waals surface area contributed by atoms with Gasteiger partial charge in [-0.25, -0.2) is 9.97 Å². The number of aryl methyl sites for hydroxylation is 2. The van der Waals surface area contributed by atoms with Crippen molar-refractivity contribution in [1.82, 2.24) is 25.1 Å². The smallest absolute Gasteiger partial charge is 0.163 e. The molecular weight excluding hydrogens is 338 g/mol. The van der Waals surface area contributed by atoms with Crippen LogP contribution in [0.25, 0.3) is 11.4 Å². The van der Waals surface area contributed by atoms with Crippen molar-refractivity contribution in [2.75, 3.05) is 43.4 Å². The molecule has 1 aliphatic rings. The second kappa shape index (κ2) is 7.36. The van der Waals surface area contributed by atoms with E-state index in [0.717, 1.165) is 60.7 Å². The van der Waals surface area contributed by atoms with Gasteiger partial charge in [0.15, 0.2) is 11.6 Å². The molecule has 1 saturated heterocycles. The molecule has 2 N–H and O–H groups in total. The zero-order chi connectivity index (χ0) is 18.8. The molecule has 7 heteroatoms. The van der Waals surface area contributed by atoms with Crippen LogP contribution < -0.4 is 10.2 Å². The van der Waals surface area contributed by atoms with Crippen molar-refractivity contribution in [2.24, 2.45) is 0 Å². The molecule has 0 radical (unpaired) electrons. The first-order chi connectivity index (χ1) is 13.1. The summed E-state index contributed by atoms with van der Waals surface area (Å²) in [4.78, 5) is 14.2. The van der Waals surface area contributed by atoms with E-state index in [1.165, 1.54) is 5.56 Å². The summed E-state index contributed by atoms with van der Waals surface area (Å²) in [5, 5.41) is 10.5. The van der Waals surface area contributed by atoms with Gasteiger partial charge in [0.05, 0.1) is 0 Å². The van der Waals surface area contributed by atoms with E-state index in [9.17, 15) is 0 Å². The Kier molecular flexibility index (Phi) is 4.77. The Labute approximate surface area is 159 Å². The second-order valence-electron chi connectivity index (χ2n) is 7.15. The van der Waals surface area contributed by atoms with Crippen LogP contribution in [-0.4, -0.2) is 58.3 Å². The number of benzene rings is 1. The highest BCUT2D eigenvalue weighted by Gasteiger charge is 2.18. The minimum Gasteiger partial charge on any atom is -0.354 e. The van der Waals surface area contributed by atoms with Crippen LogP contribution in [0.3, 0.4) is 0 Å². The minimum absolute atomic E-state index is 0.723. The van der Waals surface area contributed by atoms with Crippen molar-refractivity contribution >= 4 is 17.5 Å². The maximum absolute atomic E-state index is 4.86. The van der Waals surface area contributed by atoms with Gasteiger partial charge in [-0.3, -0.25) is 5.10 Å². The van der Waals surface area contributed by atoms with Crippen molar-refractivity contribution in [3.8, 4) is 11.4 Å². The van der Waals surface area contributed by atoms with E-state index >= 15 is 0 Å². The van der Waals surface area contributed by atoms with Crippen LogP contribution in [0.4, 0.5) is 17.5 Å². The number of nitrogens with one attached hydrogen (secondary N) is 2. The fourth-order valence-electron chi connectivity index (χ4n) is 3.14. The standard InChI is InChI=1S/C20H25N7/c1-14-4-6-16(7-5-14)20-22-17(21-18-12-15(2)24-25-18)13-19(23-20)27-10-8-26(3)9-11-27/h4-7,12-13H,8-11H2,1-3H3,(H2,21,22,23,24,25). The van der Waals surface area contributed by atoms with E-state index in [1.807, 2.05) is 19.1 Å². The van der Waals surface area contributed by atoms with E-state index in [-0.39, 0.29) is 0 Å². The number of H-pyrrole nitrogens is 1. The molecule has 1 aromatic carbocycles. The van der Waals surface area contributed by atoms with Crippen molar-refractivity contribution in [3.63, 3.8) is 0 Å². The summed E-state index contributed by atoms with van der Waals surface area (Å²) in [6.45, 7) is 8.05. The number of piperazine rings is 1. The SMILES string of the molecule is Cc1ccc(-c2nc(Nc3cc(C)[nH]n3)cc(N3CCN(C)CC3)n2)cc1. The van der Waals surface area contributed by atoms with Crippen LogP contribution in [0.2, 0.25) is 0 Å². The summed E-state index contributed by atoms with van der Waals surface area (Å²) >= 11 is 0. The van der Waals surface area contributed by atoms with Crippen LogP contribution in [-0.2, 0) is 0 Å². The number of hydrogen-bond acceptors (Lipinski definition) is 6. The van der Waals surface area contributed by atoms with Gasteiger partial charge in [0.2, 0.25) is 0 Å². The molecular formula is C20H25N7. The Morgan fingerprint density at radius 2 is 1.67 bits per heavy atom. The summed E-state index contributed by atoms with van der Waals surface area (Å²) in [7, 11) is 2.15. The van der Waals surface area contributed by atoms with Gasteiger partial charge in [-0.1, -0.05) is 29.8 Å². The third-order valence-corrected chi connectivity index (χ3v) is 4.81. The van der Waals surface area contributed by atoms with Crippen molar-refractivity contribution in [1.29, 1.82) is 0 Å². The van der Waals surface area contributed by atoms with Gasteiger partial charge in [0, 0.05) is 49.6 Å². The maximum atomic E-state index is 4.86. The van der Waals surface area contributed by atoms with Crippen LogP contribution in [0.5, 0.6) is 0 Å². The molecule has 1 fully saturated rings. The fourth-order valence-corrected chi connectivity index (χ4v) is 3.14. The molecule has 0 aliphatic carbocycles. The summed E-state index contributed by atoms with van der Waals surface area (Å²) in [6, 6.07) is 12.3. The molecule has 3 heterocycles. The van der Waals surface area contributed by atoms with E-state index in [4.69, 9.17) is 9.97 Å². The summed E-state index contributed by atoms with van der Waals surface area (Å²) < 4.78 is 0. The van der Waals surface area contributed by atoms with Gasteiger partial charge in [0.1, 0.15) is 11.6 Å². The highest BCUT2D eigenvalue weighted by Crippen LogP contribution is 2.25. The summed E-state index contributed by atoms with van der Waals surface area (Å²) in [5.41, 5.74) is 3.24. The average Bonchev–Trinajstić information content (AvgIpc) is 3.07. The third-order valence-electron chi connectivity index (χ3n) is 4.81. The molecule has 0 bridgehead atoms. The number of aromatic amines is 1. The molecule has 0 atom stereocenters. The number of rotatable bonds is 4. The predicted molar refractivity (Wildman–Crippen MR) is 109 cm³/mol. The Balaban J connectivity index is 1.70. The lowest BCUT2D eigenvalue weighted by molar-refractivity contribution is 0.312. The first-order valence-electron chi connectivity index (χ1n) is 9.25. The number of nitrogens with zero attached hydrogens (tertiary/aromatic N) is 5. The van der Waals surface area contributed by atoms with Gasteiger partial charge >= 0.3 is 0 Å². The third kappa shape index (κ3) is 4.09. The van der Waals surface area contributed by atoms with Gasteiger partial charge in [-0.15, -0.1) is 0 Å². The van der Waals surface area contributed by atoms with E-state index in [1.54, 1.807) is 0 Å². The molecule has 0 amide bonds. The number of hydrogen-bond donors (Lipinski definition) is 2. The quantitative estimate of drug-likeness (QED) is 0.742. The highest BCUT2D eigenvalue weighted by atomic mass is 15.3. The molecule has 3 aromatic rings. The van der Waals surface area contributed by atoms with Crippen molar-refractivity contribution < 1.29 is 0 Å². The molecule has 7 nitrogen and oxygen atoms in total. The first-order valence-corrected chi connectivity index (χ1v) is 9.25. The lowest BCUT2D eigenvalue weighted by Crippen LogP contribution is -2.44. The topological polar surface area (TPSA) is 73.0 Å². The summed E-state index contributed by atoms with van der Waals surface area (Å²) in [5.74, 6) is 3.18. The van der Waals surface area contributed by atoms with Crippen LogP contribution in [0.15, 0.2) is 36.4 Å². The molecule has 140 valence electrons. The lowest BCUT2D eigenvalue weighted by Gasteiger charge is -2.33. The molecule has 0 unspecified atom stereocenters. The minimum atomic E-state index is 0.723. The van der Waals surface area contributed by atoms with E-state index < -0.39 is 0 Å². The van der Waals surface area contributed by atoms with Crippen LogP contribution in [0.1, 0.15) is 11.3 Å². The number of likely N-dealkylation sites (N-methyl/N-ethyl adjacent to an activating group) is 1. The largest absolute Gasteiger partial charge is 0.354 e. The van der Waals surface area contributed by atoms with Crippen molar-refractivity contribution in [3.05, 3.63) is 47.7 Å². The van der Waals surface area contributed by atoms with Gasteiger partial charge in [-0.05, 0) is 20.9 Å². The van der Waals surface area contributed by atoms with Crippen molar-refractivity contribution in [2.45, 2.75) is 13.8 Å². The zero-order valence-corrected chi connectivity index (χ0v) is 16.0. The Hall–Kier alpha value is -2.93. The average molecular weight is 363 g/mol. The molecule has 4 rings (SSSR count). The normalized spacial score (nSPS) is 15.1. The number of anilines is 3. The maximum Gasteiger partial charge on any atom is 0.163 e. The fraction of sp³-hybridized carbons (Fsp3) is 0.350. The molecule has 27 heavy (non-hydrogen) atoms.